The first kappa shape index (κ1) is 18.0. The Labute approximate surface area is 161 Å². The maximum atomic E-state index is 12.2. The number of hydrogen-bond acceptors (Lipinski definition) is 3. The summed E-state index contributed by atoms with van der Waals surface area (Å²) in [6.45, 7) is 0.911. The molecule has 3 aromatic rings. The molecule has 1 aliphatic rings. The first-order chi connectivity index (χ1) is 13.0. The van der Waals surface area contributed by atoms with Crippen LogP contribution in [0.3, 0.4) is 0 Å². The molecule has 6 heteroatoms. The highest BCUT2D eigenvalue weighted by atomic mass is 32.2. The number of fused-ring (bicyclic) bond motifs is 1. The molecule has 0 bridgehead atoms. The first-order valence-corrected chi connectivity index (χ1v) is 10.8. The largest absolute Gasteiger partial charge is 0.491 e. The van der Waals surface area contributed by atoms with Crippen LogP contribution in [-0.4, -0.2) is 26.7 Å². The molecule has 0 spiro atoms. The highest BCUT2D eigenvalue weighted by molar-refractivity contribution is 7.84. The van der Waals surface area contributed by atoms with Gasteiger partial charge in [0.25, 0.3) is 5.56 Å². The van der Waals surface area contributed by atoms with Gasteiger partial charge in [-0.1, -0.05) is 18.9 Å². The lowest BCUT2D eigenvalue weighted by molar-refractivity contribution is 0.405. The Morgan fingerprint density at radius 2 is 2.04 bits per heavy atom. The van der Waals surface area contributed by atoms with Crippen molar-refractivity contribution < 1.29 is 8.95 Å². The van der Waals surface area contributed by atoms with Crippen molar-refractivity contribution in [1.29, 1.82) is 0 Å². The lowest BCUT2D eigenvalue weighted by atomic mass is 10.2. The van der Waals surface area contributed by atoms with E-state index in [1.165, 1.54) is 20.0 Å². The topological polar surface area (TPSA) is 53.2 Å². The molecule has 1 atom stereocenters. The van der Waals surface area contributed by atoms with Crippen LogP contribution in [0.5, 0.6) is 5.75 Å². The quantitative estimate of drug-likeness (QED) is 0.653. The number of aryl methyl sites for hydroxylation is 2. The molecule has 0 radical (unpaired) electrons. The lowest BCUT2D eigenvalue weighted by Gasteiger charge is -2.13. The van der Waals surface area contributed by atoms with Gasteiger partial charge in [-0.2, -0.15) is 0 Å². The van der Waals surface area contributed by atoms with E-state index in [0.717, 1.165) is 45.9 Å². The number of aromatic nitrogens is 2. The minimum Gasteiger partial charge on any atom is -0.491 e. The normalized spacial score (nSPS) is 15.2. The van der Waals surface area contributed by atoms with E-state index in [2.05, 4.69) is 16.7 Å². The average molecular weight is 385 g/mol. The van der Waals surface area contributed by atoms with E-state index in [0.29, 0.717) is 5.75 Å². The van der Waals surface area contributed by atoms with Crippen molar-refractivity contribution in [2.24, 2.45) is 13.0 Å². The second-order valence-electron chi connectivity index (χ2n) is 7.27. The maximum absolute atomic E-state index is 12.2. The summed E-state index contributed by atoms with van der Waals surface area (Å²) in [6.07, 6.45) is 7.32. The molecule has 1 unspecified atom stereocenters. The van der Waals surface area contributed by atoms with Crippen molar-refractivity contribution in [3.63, 3.8) is 0 Å². The molecule has 142 valence electrons. The van der Waals surface area contributed by atoms with E-state index in [1.807, 2.05) is 18.3 Å². The molecule has 27 heavy (non-hydrogen) atoms. The van der Waals surface area contributed by atoms with Crippen molar-refractivity contribution in [2.75, 3.05) is 13.4 Å². The van der Waals surface area contributed by atoms with Gasteiger partial charge in [0, 0.05) is 47.4 Å². The van der Waals surface area contributed by atoms with Gasteiger partial charge < -0.3 is 13.9 Å². The number of nitrogens with zero attached hydrogens (tertiary/aromatic N) is 2. The molecule has 5 nitrogen and oxygen atoms in total. The molecule has 0 aliphatic heterocycles. The summed E-state index contributed by atoms with van der Waals surface area (Å²) in [5.41, 5.74) is 2.88. The summed E-state index contributed by atoms with van der Waals surface area (Å²) < 4.78 is 21.4. The average Bonchev–Trinajstić information content (AvgIpc) is 3.41. The number of methoxy groups -OCH3 is 1. The molecule has 1 fully saturated rings. The monoisotopic (exact) mass is 384 g/mol. The second kappa shape index (κ2) is 7.00. The van der Waals surface area contributed by atoms with Gasteiger partial charge in [-0.15, -0.1) is 0 Å². The maximum Gasteiger partial charge on any atom is 0.292 e. The van der Waals surface area contributed by atoms with Gasteiger partial charge in [-0.3, -0.25) is 9.00 Å². The minimum absolute atomic E-state index is 0.155. The fourth-order valence-electron chi connectivity index (χ4n) is 3.67. The Hall–Kier alpha value is -2.34. The van der Waals surface area contributed by atoms with Crippen LogP contribution in [0.1, 0.15) is 19.3 Å². The Morgan fingerprint density at radius 3 is 2.70 bits per heavy atom. The summed E-state index contributed by atoms with van der Waals surface area (Å²) >= 11 is 0. The molecule has 2 aromatic heterocycles. The van der Waals surface area contributed by atoms with Crippen LogP contribution in [0.15, 0.2) is 46.2 Å². The van der Waals surface area contributed by atoms with Crippen LogP contribution in [0, 0.1) is 5.92 Å². The third-order valence-corrected chi connectivity index (χ3v) is 6.31. The molecule has 0 N–H and O–H groups in total. The smallest absolute Gasteiger partial charge is 0.292 e. The highest BCUT2D eigenvalue weighted by Gasteiger charge is 2.23. The molecule has 1 aliphatic carbocycles. The third kappa shape index (κ3) is 3.34. The summed E-state index contributed by atoms with van der Waals surface area (Å²) in [4.78, 5) is 13.0. The van der Waals surface area contributed by atoms with Gasteiger partial charge in [0.15, 0.2) is 5.75 Å². The van der Waals surface area contributed by atoms with Gasteiger partial charge in [0.05, 0.1) is 23.6 Å². The second-order valence-corrected chi connectivity index (χ2v) is 8.62. The highest BCUT2D eigenvalue weighted by Crippen LogP contribution is 2.36. The zero-order valence-electron chi connectivity index (χ0n) is 15.9. The number of benzene rings is 1. The molecule has 0 amide bonds. The van der Waals surface area contributed by atoms with Crippen molar-refractivity contribution >= 4 is 21.7 Å². The summed E-state index contributed by atoms with van der Waals surface area (Å²) in [5.74, 6) is 1.14. The summed E-state index contributed by atoms with van der Waals surface area (Å²) in [6, 6.07) is 9.87. The van der Waals surface area contributed by atoms with Gasteiger partial charge in [0.2, 0.25) is 0 Å². The SMILES string of the molecule is COc1cc(-c2cc3c(S(C)=O)cccc3n2CCC2CC2)cn(C)c1=O. The van der Waals surface area contributed by atoms with Crippen molar-refractivity contribution in [1.82, 2.24) is 9.13 Å². The van der Waals surface area contributed by atoms with E-state index in [-0.39, 0.29) is 5.56 Å². The molecule has 4 rings (SSSR count). The standard InChI is InChI=1S/C21H24N2O3S/c1-22-13-15(11-19(26-2)21(22)24)18-12-16-17(5-4-6-20(16)27(3)25)23(18)10-9-14-7-8-14/h4-6,11-14H,7-10H2,1-3H3. The van der Waals surface area contributed by atoms with E-state index < -0.39 is 10.8 Å². The fraction of sp³-hybridized carbons (Fsp3) is 0.381. The van der Waals surface area contributed by atoms with Crippen LogP contribution in [0.25, 0.3) is 22.2 Å². The van der Waals surface area contributed by atoms with Crippen LogP contribution >= 0.6 is 0 Å². The van der Waals surface area contributed by atoms with E-state index in [4.69, 9.17) is 4.74 Å². The van der Waals surface area contributed by atoms with E-state index in [9.17, 15) is 9.00 Å². The van der Waals surface area contributed by atoms with Gasteiger partial charge in [-0.25, -0.2) is 0 Å². The summed E-state index contributed by atoms with van der Waals surface area (Å²) in [7, 11) is 2.19. The Balaban J connectivity index is 1.94. The first-order valence-electron chi connectivity index (χ1n) is 9.20. The third-order valence-electron chi connectivity index (χ3n) is 5.34. The zero-order valence-corrected chi connectivity index (χ0v) is 16.7. The number of ether oxygens (including phenoxy) is 1. The number of pyridine rings is 1. The molecule has 0 saturated heterocycles. The number of rotatable bonds is 6. The van der Waals surface area contributed by atoms with E-state index >= 15 is 0 Å². The molecule has 1 saturated carbocycles. The minimum atomic E-state index is -1.06. The van der Waals surface area contributed by atoms with Gasteiger partial charge >= 0.3 is 0 Å². The van der Waals surface area contributed by atoms with Gasteiger partial charge in [0.1, 0.15) is 0 Å². The predicted molar refractivity (Wildman–Crippen MR) is 109 cm³/mol. The van der Waals surface area contributed by atoms with Crippen molar-refractivity contribution in [3.05, 3.63) is 46.9 Å². The van der Waals surface area contributed by atoms with E-state index in [1.54, 1.807) is 23.9 Å². The molecule has 2 heterocycles. The Bertz CT molecular complexity index is 1090. The Morgan fingerprint density at radius 1 is 1.26 bits per heavy atom. The number of hydrogen-bond donors (Lipinski definition) is 0. The van der Waals surface area contributed by atoms with Crippen molar-refractivity contribution in [2.45, 2.75) is 30.7 Å². The predicted octanol–water partition coefficient (Wildman–Crippen LogP) is 3.55. The molecular weight excluding hydrogens is 360 g/mol. The van der Waals surface area contributed by atoms with Crippen LogP contribution in [-0.2, 0) is 24.4 Å². The zero-order chi connectivity index (χ0) is 19.1. The Kier molecular flexibility index (Phi) is 4.68. The van der Waals surface area contributed by atoms with Gasteiger partial charge in [-0.05, 0) is 36.6 Å². The van der Waals surface area contributed by atoms with Crippen LogP contribution < -0.4 is 10.3 Å². The summed E-state index contributed by atoms with van der Waals surface area (Å²) in [5, 5.41) is 1.01. The van der Waals surface area contributed by atoms with Crippen molar-refractivity contribution in [3.8, 4) is 17.0 Å². The molecular formula is C21H24N2O3S. The molecule has 1 aromatic carbocycles. The van der Waals surface area contributed by atoms with Crippen LogP contribution in [0.2, 0.25) is 0 Å². The van der Waals surface area contributed by atoms with Crippen LogP contribution in [0.4, 0.5) is 0 Å². The lowest BCUT2D eigenvalue weighted by Crippen LogP contribution is -2.18. The fourth-order valence-corrected chi connectivity index (χ4v) is 4.42.